The lowest BCUT2D eigenvalue weighted by Crippen LogP contribution is -2.42. The molecule has 0 saturated carbocycles. The topological polar surface area (TPSA) is 82.0 Å². The molecule has 2 aliphatic heterocycles. The summed E-state index contributed by atoms with van der Waals surface area (Å²) < 4.78 is 15.2. The fourth-order valence-electron chi connectivity index (χ4n) is 4.49. The minimum Gasteiger partial charge on any atom is -0.354 e. The second kappa shape index (κ2) is 10.1. The van der Waals surface area contributed by atoms with Crippen LogP contribution in [0, 0.1) is 11.7 Å². The minimum atomic E-state index is -0.701. The molecule has 9 heteroatoms. The SMILES string of the molecule is CCN(CC)C(=O)c1ncnc(N2CCC(C(=O)N3N=CC[C@H]3c3ccccc3)CC2)c1F. The molecule has 1 saturated heterocycles. The molecular formula is C24H29FN6O2. The molecule has 2 aromatic rings. The Morgan fingerprint density at radius 3 is 2.45 bits per heavy atom. The third-order valence-electron chi connectivity index (χ3n) is 6.41. The predicted molar refractivity (Wildman–Crippen MR) is 123 cm³/mol. The van der Waals surface area contributed by atoms with Gasteiger partial charge in [0.05, 0.1) is 6.04 Å². The van der Waals surface area contributed by atoms with Crippen molar-refractivity contribution in [1.82, 2.24) is 19.9 Å². The van der Waals surface area contributed by atoms with E-state index in [1.807, 2.05) is 44.2 Å². The summed E-state index contributed by atoms with van der Waals surface area (Å²) >= 11 is 0. The highest BCUT2D eigenvalue weighted by Gasteiger charge is 2.35. The largest absolute Gasteiger partial charge is 0.354 e. The van der Waals surface area contributed by atoms with Gasteiger partial charge in [0.25, 0.3) is 5.91 Å². The molecule has 174 valence electrons. The average Bonchev–Trinajstić information content (AvgIpc) is 3.35. The number of carbonyl (C=O) groups excluding carboxylic acids is 2. The average molecular weight is 453 g/mol. The van der Waals surface area contributed by atoms with Gasteiger partial charge in [0.2, 0.25) is 5.91 Å². The van der Waals surface area contributed by atoms with Crippen LogP contribution in [0.15, 0.2) is 41.8 Å². The number of hydrogen-bond acceptors (Lipinski definition) is 6. The molecule has 33 heavy (non-hydrogen) atoms. The van der Waals surface area contributed by atoms with Crippen molar-refractivity contribution < 1.29 is 14.0 Å². The summed E-state index contributed by atoms with van der Waals surface area (Å²) in [6.45, 7) is 5.58. The Hall–Kier alpha value is -3.36. The number of nitrogens with zero attached hydrogens (tertiary/aromatic N) is 6. The number of benzene rings is 1. The van der Waals surface area contributed by atoms with Crippen LogP contribution in [0.3, 0.4) is 0 Å². The molecule has 8 nitrogen and oxygen atoms in total. The highest BCUT2D eigenvalue weighted by atomic mass is 19.1. The van der Waals surface area contributed by atoms with Crippen LogP contribution in [0.1, 0.15) is 55.2 Å². The van der Waals surface area contributed by atoms with Crippen molar-refractivity contribution in [3.05, 3.63) is 53.7 Å². The van der Waals surface area contributed by atoms with Crippen LogP contribution in [0.5, 0.6) is 0 Å². The Morgan fingerprint density at radius 2 is 1.79 bits per heavy atom. The molecular weight excluding hydrogens is 423 g/mol. The van der Waals surface area contributed by atoms with Crippen molar-refractivity contribution in [2.75, 3.05) is 31.1 Å². The lowest BCUT2D eigenvalue weighted by atomic mass is 9.94. The second-order valence-corrected chi connectivity index (χ2v) is 8.24. The summed E-state index contributed by atoms with van der Waals surface area (Å²) in [5.74, 6) is -1.22. The van der Waals surface area contributed by atoms with Gasteiger partial charge in [0.15, 0.2) is 17.3 Å². The number of rotatable bonds is 6. The van der Waals surface area contributed by atoms with Gasteiger partial charge in [-0.15, -0.1) is 0 Å². The third kappa shape index (κ3) is 4.58. The standard InChI is InChI=1S/C24H29FN6O2/c1-3-29(4-2)24(33)21-20(25)22(27-16-26-21)30-14-11-18(12-15-30)23(32)31-19(10-13-28-31)17-8-6-5-7-9-17/h5-9,13,16,18-19H,3-4,10-12,14-15H2,1-2H3/t19-/m0/s1. The van der Waals surface area contributed by atoms with Crippen molar-refractivity contribution in [2.24, 2.45) is 11.0 Å². The number of halogens is 1. The quantitative estimate of drug-likeness (QED) is 0.672. The summed E-state index contributed by atoms with van der Waals surface area (Å²) in [5, 5.41) is 5.94. The van der Waals surface area contributed by atoms with Crippen molar-refractivity contribution in [1.29, 1.82) is 0 Å². The van der Waals surface area contributed by atoms with E-state index in [-0.39, 0.29) is 29.4 Å². The first-order valence-corrected chi connectivity index (χ1v) is 11.5. The van der Waals surface area contributed by atoms with E-state index in [0.717, 1.165) is 5.56 Å². The summed E-state index contributed by atoms with van der Waals surface area (Å²) in [4.78, 5) is 37.2. The summed E-state index contributed by atoms with van der Waals surface area (Å²) in [5.41, 5.74) is 0.855. The number of anilines is 1. The predicted octanol–water partition coefficient (Wildman–Crippen LogP) is 3.27. The fraction of sp³-hybridized carbons (Fsp3) is 0.458. The molecule has 0 spiro atoms. The number of hydrogen-bond donors (Lipinski definition) is 0. The Labute approximate surface area is 193 Å². The molecule has 2 amide bonds. The van der Waals surface area contributed by atoms with Crippen LogP contribution in [-0.4, -0.2) is 64.1 Å². The zero-order valence-electron chi connectivity index (χ0n) is 19.0. The highest BCUT2D eigenvalue weighted by Crippen LogP contribution is 2.32. The van der Waals surface area contributed by atoms with Crippen molar-refractivity contribution >= 4 is 23.8 Å². The molecule has 1 fully saturated rings. The number of aromatic nitrogens is 2. The Bertz CT molecular complexity index is 1020. The lowest BCUT2D eigenvalue weighted by molar-refractivity contribution is -0.138. The molecule has 1 aromatic carbocycles. The maximum Gasteiger partial charge on any atom is 0.275 e. The van der Waals surface area contributed by atoms with Crippen LogP contribution in [-0.2, 0) is 4.79 Å². The maximum atomic E-state index is 15.2. The van der Waals surface area contributed by atoms with Gasteiger partial charge in [-0.2, -0.15) is 5.10 Å². The fourth-order valence-corrected chi connectivity index (χ4v) is 4.49. The summed E-state index contributed by atoms with van der Waals surface area (Å²) in [6.07, 6.45) is 4.85. The van der Waals surface area contributed by atoms with Gasteiger partial charge < -0.3 is 9.80 Å². The maximum absolute atomic E-state index is 15.2. The number of hydrazone groups is 1. The number of piperidine rings is 1. The monoisotopic (exact) mass is 452 g/mol. The van der Waals surface area contributed by atoms with E-state index >= 15 is 4.39 Å². The van der Waals surface area contributed by atoms with E-state index < -0.39 is 11.7 Å². The molecule has 0 bridgehead atoms. The molecule has 0 radical (unpaired) electrons. The normalized spacial score (nSPS) is 18.6. The first kappa shape index (κ1) is 22.8. The van der Waals surface area contributed by atoms with E-state index in [2.05, 4.69) is 15.1 Å². The van der Waals surface area contributed by atoms with Crippen LogP contribution < -0.4 is 4.90 Å². The van der Waals surface area contributed by atoms with Crippen LogP contribution in [0.4, 0.5) is 10.2 Å². The van der Waals surface area contributed by atoms with Gasteiger partial charge in [-0.05, 0) is 32.3 Å². The van der Waals surface area contributed by atoms with E-state index in [1.165, 1.54) is 11.2 Å². The third-order valence-corrected chi connectivity index (χ3v) is 6.41. The smallest absolute Gasteiger partial charge is 0.275 e. The number of carbonyl (C=O) groups is 2. The molecule has 1 aromatic heterocycles. The van der Waals surface area contributed by atoms with E-state index in [1.54, 1.807) is 16.1 Å². The van der Waals surface area contributed by atoms with E-state index in [0.29, 0.717) is 45.4 Å². The Morgan fingerprint density at radius 1 is 1.09 bits per heavy atom. The summed E-state index contributed by atoms with van der Waals surface area (Å²) in [6, 6.07) is 9.82. The zero-order valence-corrected chi connectivity index (χ0v) is 19.0. The van der Waals surface area contributed by atoms with E-state index in [9.17, 15) is 9.59 Å². The first-order valence-electron chi connectivity index (χ1n) is 11.5. The Balaban J connectivity index is 1.43. The lowest BCUT2D eigenvalue weighted by Gasteiger charge is -2.34. The molecule has 2 aliphatic rings. The first-order chi connectivity index (χ1) is 16.0. The van der Waals surface area contributed by atoms with Crippen molar-refractivity contribution in [3.63, 3.8) is 0 Å². The second-order valence-electron chi connectivity index (χ2n) is 8.24. The van der Waals surface area contributed by atoms with Gasteiger partial charge in [0, 0.05) is 44.7 Å². The Kier molecular flexibility index (Phi) is 6.96. The molecule has 0 aliphatic carbocycles. The molecule has 0 unspecified atom stereocenters. The van der Waals surface area contributed by atoms with E-state index in [4.69, 9.17) is 0 Å². The van der Waals surface area contributed by atoms with Gasteiger partial charge >= 0.3 is 0 Å². The van der Waals surface area contributed by atoms with Crippen LogP contribution in [0.25, 0.3) is 0 Å². The van der Waals surface area contributed by atoms with Gasteiger partial charge in [-0.25, -0.2) is 19.4 Å². The number of amides is 2. The summed E-state index contributed by atoms with van der Waals surface area (Å²) in [7, 11) is 0. The minimum absolute atomic E-state index is 0.00203. The highest BCUT2D eigenvalue weighted by molar-refractivity contribution is 5.93. The van der Waals surface area contributed by atoms with Gasteiger partial charge in [0.1, 0.15) is 6.33 Å². The molecule has 3 heterocycles. The van der Waals surface area contributed by atoms with Gasteiger partial charge in [-0.3, -0.25) is 9.59 Å². The molecule has 1 atom stereocenters. The molecule has 0 N–H and O–H groups in total. The van der Waals surface area contributed by atoms with Crippen LogP contribution >= 0.6 is 0 Å². The zero-order chi connectivity index (χ0) is 23.4. The van der Waals surface area contributed by atoms with Crippen molar-refractivity contribution in [3.8, 4) is 0 Å². The van der Waals surface area contributed by atoms with Crippen LogP contribution in [0.2, 0.25) is 0 Å². The molecule has 4 rings (SSSR count). The van der Waals surface area contributed by atoms with Gasteiger partial charge in [-0.1, -0.05) is 30.3 Å². The van der Waals surface area contributed by atoms with Crippen molar-refractivity contribution in [2.45, 2.75) is 39.2 Å².